The lowest BCUT2D eigenvalue weighted by Gasteiger charge is -2.07. The molecule has 0 unspecified atom stereocenters. The third kappa shape index (κ3) is 3.06. The molecule has 0 radical (unpaired) electrons. The number of hydrogen-bond acceptors (Lipinski definition) is 3. The third-order valence-corrected chi connectivity index (χ3v) is 4.06. The second-order valence-electron chi connectivity index (χ2n) is 5.72. The van der Waals surface area contributed by atoms with E-state index in [1.807, 2.05) is 31.3 Å². The summed E-state index contributed by atoms with van der Waals surface area (Å²) in [6.07, 6.45) is 2.62. The van der Waals surface area contributed by atoms with Gasteiger partial charge in [-0.05, 0) is 42.7 Å². The first-order chi connectivity index (χ1) is 11.6. The topological polar surface area (TPSA) is 74.3 Å². The van der Waals surface area contributed by atoms with Crippen molar-refractivity contribution in [3.8, 4) is 11.5 Å². The number of H-pyrrole nitrogens is 1. The molecular weight excluding hydrogens is 304 g/mol. The van der Waals surface area contributed by atoms with Gasteiger partial charge in [0.15, 0.2) is 0 Å². The van der Waals surface area contributed by atoms with Gasteiger partial charge in [-0.2, -0.15) is 0 Å². The van der Waals surface area contributed by atoms with Gasteiger partial charge >= 0.3 is 0 Å². The second kappa shape index (κ2) is 6.66. The number of aryl methyl sites for hydroxylation is 1. The molecule has 3 aromatic rings. The largest absolute Gasteiger partial charge is 0.507 e. The fourth-order valence-electron chi connectivity index (χ4n) is 2.80. The molecule has 0 spiro atoms. The number of methoxy groups -OCH3 is 1. The summed E-state index contributed by atoms with van der Waals surface area (Å²) in [5, 5.41) is 13.8. The van der Waals surface area contributed by atoms with Gasteiger partial charge < -0.3 is 20.1 Å². The van der Waals surface area contributed by atoms with Gasteiger partial charge in [0.1, 0.15) is 11.5 Å². The lowest BCUT2D eigenvalue weighted by molar-refractivity contribution is 0.0951. The number of ether oxygens (including phenoxy) is 1. The zero-order chi connectivity index (χ0) is 17.1. The number of rotatable bonds is 5. The summed E-state index contributed by atoms with van der Waals surface area (Å²) in [6.45, 7) is 2.35. The van der Waals surface area contributed by atoms with Crippen LogP contribution in [0.1, 0.15) is 21.5 Å². The van der Waals surface area contributed by atoms with Crippen LogP contribution in [-0.4, -0.2) is 29.7 Å². The molecule has 24 heavy (non-hydrogen) atoms. The molecule has 0 aliphatic carbocycles. The van der Waals surface area contributed by atoms with Crippen LogP contribution in [-0.2, 0) is 6.42 Å². The number of para-hydroxylation sites is 1. The highest BCUT2D eigenvalue weighted by Crippen LogP contribution is 2.27. The number of hydrogen-bond donors (Lipinski definition) is 3. The molecule has 0 bridgehead atoms. The first-order valence-electron chi connectivity index (χ1n) is 7.81. The Hall–Kier alpha value is -2.95. The standard InChI is InChI=1S/C19H20N2O3/c1-12-6-7-15(16(22)10-12)19(23)20-9-8-13-11-21-18-14(13)4-3-5-17(18)24-2/h3-7,10-11,21-22H,8-9H2,1-2H3,(H,20,23). The Morgan fingerprint density at radius 1 is 1.29 bits per heavy atom. The average Bonchev–Trinajstić information content (AvgIpc) is 2.98. The Kier molecular flexibility index (Phi) is 4.42. The van der Waals surface area contributed by atoms with Crippen molar-refractivity contribution in [2.45, 2.75) is 13.3 Å². The number of nitrogens with one attached hydrogen (secondary N) is 2. The van der Waals surface area contributed by atoms with E-state index in [4.69, 9.17) is 4.74 Å². The number of aromatic nitrogens is 1. The van der Waals surface area contributed by atoms with E-state index in [2.05, 4.69) is 10.3 Å². The van der Waals surface area contributed by atoms with Crippen LogP contribution in [0.25, 0.3) is 10.9 Å². The van der Waals surface area contributed by atoms with Gasteiger partial charge in [-0.25, -0.2) is 0 Å². The number of benzene rings is 2. The van der Waals surface area contributed by atoms with E-state index in [-0.39, 0.29) is 11.7 Å². The highest BCUT2D eigenvalue weighted by molar-refractivity contribution is 5.97. The van der Waals surface area contributed by atoms with Gasteiger partial charge in [-0.15, -0.1) is 0 Å². The van der Waals surface area contributed by atoms with Gasteiger partial charge in [0, 0.05) is 18.1 Å². The molecule has 5 heteroatoms. The summed E-state index contributed by atoms with van der Waals surface area (Å²) in [5.74, 6) is 0.529. The number of phenols is 1. The molecule has 0 aliphatic heterocycles. The molecule has 1 heterocycles. The number of aromatic hydroxyl groups is 1. The van der Waals surface area contributed by atoms with Gasteiger partial charge in [0.2, 0.25) is 0 Å². The molecule has 3 N–H and O–H groups in total. The molecule has 0 atom stereocenters. The quantitative estimate of drug-likeness (QED) is 0.675. The van der Waals surface area contributed by atoms with Gasteiger partial charge in [-0.1, -0.05) is 18.2 Å². The van der Waals surface area contributed by atoms with Crippen molar-refractivity contribution in [1.29, 1.82) is 0 Å². The molecule has 2 aromatic carbocycles. The maximum Gasteiger partial charge on any atom is 0.255 e. The minimum atomic E-state index is -0.273. The van der Waals surface area contributed by atoms with E-state index >= 15 is 0 Å². The van der Waals surface area contributed by atoms with E-state index < -0.39 is 0 Å². The summed E-state index contributed by atoms with van der Waals surface area (Å²) >= 11 is 0. The molecule has 5 nitrogen and oxygen atoms in total. The van der Waals surface area contributed by atoms with E-state index in [0.29, 0.717) is 18.5 Å². The zero-order valence-corrected chi connectivity index (χ0v) is 13.7. The Labute approximate surface area is 140 Å². The van der Waals surface area contributed by atoms with Crippen LogP contribution >= 0.6 is 0 Å². The van der Waals surface area contributed by atoms with Crippen LogP contribution in [0, 0.1) is 6.92 Å². The second-order valence-corrected chi connectivity index (χ2v) is 5.72. The van der Waals surface area contributed by atoms with Crippen LogP contribution in [0.15, 0.2) is 42.6 Å². The number of phenolic OH excluding ortho intramolecular Hbond substituents is 1. The average molecular weight is 324 g/mol. The van der Waals surface area contributed by atoms with Crippen molar-refractivity contribution in [3.63, 3.8) is 0 Å². The van der Waals surface area contributed by atoms with Crippen molar-refractivity contribution < 1.29 is 14.6 Å². The summed E-state index contributed by atoms with van der Waals surface area (Å²) < 4.78 is 5.34. The molecule has 0 saturated carbocycles. The third-order valence-electron chi connectivity index (χ3n) is 4.06. The first kappa shape index (κ1) is 15.9. The van der Waals surface area contributed by atoms with E-state index in [1.54, 1.807) is 25.3 Å². The lowest BCUT2D eigenvalue weighted by atomic mass is 10.1. The van der Waals surface area contributed by atoms with Gasteiger partial charge in [-0.3, -0.25) is 4.79 Å². The number of amides is 1. The highest BCUT2D eigenvalue weighted by Gasteiger charge is 2.12. The van der Waals surface area contributed by atoms with Crippen LogP contribution in [0.2, 0.25) is 0 Å². The molecule has 1 aromatic heterocycles. The van der Waals surface area contributed by atoms with Crippen LogP contribution < -0.4 is 10.1 Å². The Morgan fingerprint density at radius 2 is 2.12 bits per heavy atom. The molecule has 3 rings (SSSR count). The fraction of sp³-hybridized carbons (Fsp3) is 0.211. The van der Waals surface area contributed by atoms with Crippen molar-refractivity contribution in [1.82, 2.24) is 10.3 Å². The normalized spacial score (nSPS) is 10.8. The maximum atomic E-state index is 12.2. The minimum absolute atomic E-state index is 0.00401. The van der Waals surface area contributed by atoms with E-state index in [9.17, 15) is 9.90 Å². The fourth-order valence-corrected chi connectivity index (χ4v) is 2.80. The van der Waals surface area contributed by atoms with Crippen molar-refractivity contribution >= 4 is 16.8 Å². The number of fused-ring (bicyclic) bond motifs is 1. The number of aromatic amines is 1. The van der Waals surface area contributed by atoms with Crippen LogP contribution in [0.3, 0.4) is 0 Å². The summed E-state index contributed by atoms with van der Waals surface area (Å²) in [4.78, 5) is 15.4. The molecular formula is C19H20N2O3. The van der Waals surface area contributed by atoms with Crippen molar-refractivity contribution in [3.05, 3.63) is 59.3 Å². The molecule has 0 saturated heterocycles. The predicted molar refractivity (Wildman–Crippen MR) is 93.7 cm³/mol. The van der Waals surface area contributed by atoms with Crippen molar-refractivity contribution in [2.24, 2.45) is 0 Å². The van der Waals surface area contributed by atoms with Gasteiger partial charge in [0.05, 0.1) is 18.2 Å². The minimum Gasteiger partial charge on any atom is -0.507 e. The Bertz CT molecular complexity index is 883. The summed E-state index contributed by atoms with van der Waals surface area (Å²) in [5.41, 5.74) is 3.27. The predicted octanol–water partition coefficient (Wildman–Crippen LogP) is 3.16. The highest BCUT2D eigenvalue weighted by atomic mass is 16.5. The number of carbonyl (C=O) groups excluding carboxylic acids is 1. The smallest absolute Gasteiger partial charge is 0.255 e. The SMILES string of the molecule is COc1cccc2c(CCNC(=O)c3ccc(C)cc3O)c[nH]c12. The Balaban J connectivity index is 1.67. The monoisotopic (exact) mass is 324 g/mol. The molecule has 1 amide bonds. The van der Waals surface area contributed by atoms with Crippen LogP contribution in [0.4, 0.5) is 0 Å². The molecule has 0 aliphatic rings. The lowest BCUT2D eigenvalue weighted by Crippen LogP contribution is -2.25. The summed E-state index contributed by atoms with van der Waals surface area (Å²) in [6, 6.07) is 10.9. The molecule has 124 valence electrons. The molecule has 0 fully saturated rings. The van der Waals surface area contributed by atoms with Crippen LogP contribution in [0.5, 0.6) is 11.5 Å². The Morgan fingerprint density at radius 3 is 2.88 bits per heavy atom. The maximum absolute atomic E-state index is 12.2. The van der Waals surface area contributed by atoms with Gasteiger partial charge in [0.25, 0.3) is 5.91 Å². The zero-order valence-electron chi connectivity index (χ0n) is 13.7. The van der Waals surface area contributed by atoms with Crippen molar-refractivity contribution in [2.75, 3.05) is 13.7 Å². The van der Waals surface area contributed by atoms with E-state index in [0.717, 1.165) is 27.8 Å². The van der Waals surface area contributed by atoms with E-state index in [1.165, 1.54) is 0 Å². The summed E-state index contributed by atoms with van der Waals surface area (Å²) in [7, 11) is 1.64. The number of carbonyl (C=O) groups is 1. The first-order valence-corrected chi connectivity index (χ1v) is 7.81.